The fraction of sp³-hybridized carbons (Fsp3) is 0.238. The highest BCUT2D eigenvalue weighted by atomic mass is 35.5. The standard InChI is InChI=1S/C21H19ClN2S3/c22-10-4-5-11-25-15-27-21-18(14-23)17(16-7-2-1-3-8-16)13-19(24-21)20-9-6-12-26-20/h1-3,6-9,12-13H,4-5,10-11,15H2. The number of nitrogens with zero attached hydrogens (tertiary/aromatic N) is 2. The lowest BCUT2D eigenvalue weighted by atomic mass is 10.0. The monoisotopic (exact) mass is 430 g/mol. The predicted octanol–water partition coefficient (Wildman–Crippen LogP) is 7.15. The topological polar surface area (TPSA) is 36.7 Å². The average molecular weight is 431 g/mol. The van der Waals surface area contributed by atoms with Crippen LogP contribution in [0.2, 0.25) is 0 Å². The molecule has 0 saturated heterocycles. The molecule has 0 aliphatic rings. The lowest BCUT2D eigenvalue weighted by Crippen LogP contribution is -1.95. The van der Waals surface area contributed by atoms with Gasteiger partial charge in [0.2, 0.25) is 0 Å². The van der Waals surface area contributed by atoms with Crippen LogP contribution in [0.4, 0.5) is 0 Å². The molecule has 0 N–H and O–H groups in total. The Morgan fingerprint density at radius 3 is 2.67 bits per heavy atom. The molecule has 0 saturated carbocycles. The molecule has 3 rings (SSSR count). The molecule has 0 amide bonds. The van der Waals surface area contributed by atoms with E-state index in [1.807, 2.05) is 54.2 Å². The first kappa shape index (κ1) is 20.3. The maximum atomic E-state index is 9.83. The molecule has 2 aromatic heterocycles. The van der Waals surface area contributed by atoms with Gasteiger partial charge < -0.3 is 0 Å². The van der Waals surface area contributed by atoms with Gasteiger partial charge in [0.15, 0.2) is 0 Å². The molecule has 138 valence electrons. The molecule has 2 heterocycles. The summed E-state index contributed by atoms with van der Waals surface area (Å²) in [5, 5.41) is 13.6. The molecule has 0 aliphatic carbocycles. The summed E-state index contributed by atoms with van der Waals surface area (Å²) in [6.45, 7) is 0. The predicted molar refractivity (Wildman–Crippen MR) is 121 cm³/mol. The van der Waals surface area contributed by atoms with Crippen molar-refractivity contribution >= 4 is 46.5 Å². The van der Waals surface area contributed by atoms with E-state index in [1.54, 1.807) is 23.1 Å². The van der Waals surface area contributed by atoms with Crippen molar-refractivity contribution in [3.05, 3.63) is 59.5 Å². The van der Waals surface area contributed by atoms with Crippen molar-refractivity contribution in [1.82, 2.24) is 4.98 Å². The molecule has 1 aromatic carbocycles. The van der Waals surface area contributed by atoms with E-state index in [0.717, 1.165) is 56.3 Å². The van der Waals surface area contributed by atoms with E-state index < -0.39 is 0 Å². The summed E-state index contributed by atoms with van der Waals surface area (Å²) in [6.07, 6.45) is 2.17. The first-order valence-electron chi connectivity index (χ1n) is 8.64. The van der Waals surface area contributed by atoms with Crippen LogP contribution in [0.25, 0.3) is 21.7 Å². The van der Waals surface area contributed by atoms with Crippen molar-refractivity contribution in [3.63, 3.8) is 0 Å². The van der Waals surface area contributed by atoms with Crippen molar-refractivity contribution < 1.29 is 0 Å². The van der Waals surface area contributed by atoms with Gasteiger partial charge in [0.25, 0.3) is 0 Å². The van der Waals surface area contributed by atoms with Crippen molar-refractivity contribution in [2.75, 3.05) is 16.7 Å². The number of aromatic nitrogens is 1. The van der Waals surface area contributed by atoms with E-state index in [9.17, 15) is 5.26 Å². The highest BCUT2D eigenvalue weighted by molar-refractivity contribution is 8.15. The largest absolute Gasteiger partial charge is 0.239 e. The highest BCUT2D eigenvalue weighted by Gasteiger charge is 2.16. The number of pyridine rings is 1. The molecule has 0 fully saturated rings. The molecular weight excluding hydrogens is 412 g/mol. The van der Waals surface area contributed by atoms with Crippen LogP contribution < -0.4 is 0 Å². The smallest absolute Gasteiger partial charge is 0.116 e. The van der Waals surface area contributed by atoms with E-state index in [-0.39, 0.29) is 0 Å². The number of benzene rings is 1. The normalized spacial score (nSPS) is 10.7. The maximum absolute atomic E-state index is 9.83. The van der Waals surface area contributed by atoms with E-state index in [2.05, 4.69) is 17.5 Å². The van der Waals surface area contributed by atoms with Gasteiger partial charge in [-0.3, -0.25) is 0 Å². The van der Waals surface area contributed by atoms with E-state index in [4.69, 9.17) is 16.6 Å². The quantitative estimate of drug-likeness (QED) is 0.156. The number of hydrogen-bond donors (Lipinski definition) is 0. The third-order valence-electron chi connectivity index (χ3n) is 3.91. The second kappa shape index (κ2) is 10.8. The number of nitriles is 1. The van der Waals surface area contributed by atoms with Crippen molar-refractivity contribution in [1.29, 1.82) is 5.26 Å². The van der Waals surface area contributed by atoms with Crippen LogP contribution in [0.15, 0.2) is 58.9 Å². The summed E-state index contributed by atoms with van der Waals surface area (Å²) >= 11 is 10.9. The SMILES string of the molecule is N#Cc1c(-c2ccccc2)cc(-c2cccs2)nc1SCSCCCCCl. The lowest BCUT2D eigenvalue weighted by Gasteiger charge is -2.11. The fourth-order valence-corrected chi connectivity index (χ4v) is 5.58. The Kier molecular flexibility index (Phi) is 8.10. The highest BCUT2D eigenvalue weighted by Crippen LogP contribution is 2.36. The van der Waals surface area contributed by atoms with E-state index >= 15 is 0 Å². The molecule has 3 aromatic rings. The summed E-state index contributed by atoms with van der Waals surface area (Å²) in [7, 11) is 0. The van der Waals surface area contributed by atoms with Gasteiger partial charge in [-0.2, -0.15) is 17.0 Å². The van der Waals surface area contributed by atoms with Crippen LogP contribution >= 0.6 is 46.5 Å². The minimum absolute atomic E-state index is 0.660. The van der Waals surface area contributed by atoms with E-state index in [1.165, 1.54) is 0 Å². The Hall–Kier alpha value is -1.45. The summed E-state index contributed by atoms with van der Waals surface area (Å²) in [5.41, 5.74) is 3.59. The third kappa shape index (κ3) is 5.52. The average Bonchev–Trinajstić information content (AvgIpc) is 3.25. The second-order valence-corrected chi connectivity index (χ2v) is 9.52. The van der Waals surface area contributed by atoms with Gasteiger partial charge in [-0.15, -0.1) is 22.9 Å². The van der Waals surface area contributed by atoms with Crippen LogP contribution in [-0.4, -0.2) is 21.7 Å². The van der Waals surface area contributed by atoms with Crippen molar-refractivity contribution in [2.45, 2.75) is 17.9 Å². The van der Waals surface area contributed by atoms with Crippen LogP contribution in [0.3, 0.4) is 0 Å². The second-order valence-electron chi connectivity index (χ2n) is 5.76. The van der Waals surface area contributed by atoms with Crippen LogP contribution in [0.5, 0.6) is 0 Å². The molecule has 6 heteroatoms. The number of unbranched alkanes of at least 4 members (excludes halogenated alkanes) is 1. The molecule has 0 spiro atoms. The van der Waals surface area contributed by atoms with Crippen LogP contribution in [-0.2, 0) is 0 Å². The first-order chi connectivity index (χ1) is 13.3. The molecule has 0 bridgehead atoms. The minimum atomic E-state index is 0.660. The number of alkyl halides is 1. The number of rotatable bonds is 9. The molecule has 0 radical (unpaired) electrons. The Balaban J connectivity index is 1.91. The summed E-state index contributed by atoms with van der Waals surface area (Å²) in [6, 6.07) is 18.6. The Bertz CT molecular complexity index is 890. The molecule has 27 heavy (non-hydrogen) atoms. The van der Waals surface area contributed by atoms with Gasteiger partial charge in [-0.05, 0) is 41.7 Å². The molecule has 2 nitrogen and oxygen atoms in total. The number of thioether (sulfide) groups is 2. The van der Waals surface area contributed by atoms with Gasteiger partial charge >= 0.3 is 0 Å². The third-order valence-corrected chi connectivity index (χ3v) is 7.35. The zero-order valence-electron chi connectivity index (χ0n) is 14.7. The Morgan fingerprint density at radius 2 is 1.96 bits per heavy atom. The zero-order chi connectivity index (χ0) is 18.9. The molecule has 0 unspecified atom stereocenters. The zero-order valence-corrected chi connectivity index (χ0v) is 17.9. The van der Waals surface area contributed by atoms with Crippen LogP contribution in [0, 0.1) is 11.3 Å². The van der Waals surface area contributed by atoms with Crippen molar-refractivity contribution in [3.8, 4) is 27.8 Å². The molecule has 0 aliphatic heterocycles. The fourth-order valence-electron chi connectivity index (χ4n) is 2.59. The molecule has 0 atom stereocenters. The van der Waals surface area contributed by atoms with Gasteiger partial charge in [-0.1, -0.05) is 48.2 Å². The number of hydrogen-bond acceptors (Lipinski definition) is 5. The number of thiophene rings is 1. The van der Waals surface area contributed by atoms with Gasteiger partial charge in [0.05, 0.1) is 16.1 Å². The van der Waals surface area contributed by atoms with E-state index in [0.29, 0.717) is 5.56 Å². The Labute approximate surface area is 178 Å². The van der Waals surface area contributed by atoms with Gasteiger partial charge in [-0.25, -0.2) is 4.98 Å². The lowest BCUT2D eigenvalue weighted by molar-refractivity contribution is 0.904. The summed E-state index contributed by atoms with van der Waals surface area (Å²) in [5.74, 6) is 1.80. The number of halogens is 1. The first-order valence-corrected chi connectivity index (χ1v) is 12.2. The summed E-state index contributed by atoms with van der Waals surface area (Å²) in [4.78, 5) is 5.94. The van der Waals surface area contributed by atoms with Gasteiger partial charge in [0, 0.05) is 16.5 Å². The van der Waals surface area contributed by atoms with Crippen molar-refractivity contribution in [2.24, 2.45) is 0 Å². The summed E-state index contributed by atoms with van der Waals surface area (Å²) < 4.78 is 0. The Morgan fingerprint density at radius 1 is 1.11 bits per heavy atom. The maximum Gasteiger partial charge on any atom is 0.116 e. The molecular formula is C21H19ClN2S3. The minimum Gasteiger partial charge on any atom is -0.239 e. The van der Waals surface area contributed by atoms with Gasteiger partial charge in [0.1, 0.15) is 11.1 Å². The van der Waals surface area contributed by atoms with Crippen LogP contribution in [0.1, 0.15) is 18.4 Å².